The van der Waals surface area contributed by atoms with E-state index in [-0.39, 0.29) is 5.41 Å². The smallest absolute Gasteiger partial charge is 0.145 e. The van der Waals surface area contributed by atoms with Crippen LogP contribution in [-0.4, -0.2) is 9.55 Å². The zero-order valence-corrected chi connectivity index (χ0v) is 24.0. The number of benzene rings is 4. The molecule has 0 atom stereocenters. The van der Waals surface area contributed by atoms with Crippen molar-refractivity contribution in [1.29, 1.82) is 0 Å². The summed E-state index contributed by atoms with van der Waals surface area (Å²) in [5, 5.41) is 0. The van der Waals surface area contributed by atoms with E-state index in [1.165, 1.54) is 50.2 Å². The number of aromatic nitrogens is 2. The molecule has 1 aliphatic carbocycles. The number of hydrogen-bond acceptors (Lipinski definition) is 1. The molecule has 6 rings (SSSR count). The topological polar surface area (TPSA) is 17.8 Å². The maximum absolute atomic E-state index is 5.28. The van der Waals surface area contributed by atoms with E-state index in [2.05, 4.69) is 133 Å². The van der Waals surface area contributed by atoms with Gasteiger partial charge in [-0.05, 0) is 88.4 Å². The van der Waals surface area contributed by atoms with Crippen LogP contribution in [0.2, 0.25) is 0 Å². The van der Waals surface area contributed by atoms with Gasteiger partial charge in [0.05, 0.1) is 16.7 Å². The van der Waals surface area contributed by atoms with E-state index in [1.807, 2.05) is 0 Å². The highest BCUT2D eigenvalue weighted by atomic mass is 15.1. The van der Waals surface area contributed by atoms with Gasteiger partial charge in [-0.2, -0.15) is 0 Å². The second-order valence-corrected chi connectivity index (χ2v) is 12.2. The molecule has 0 unspecified atom stereocenters. The van der Waals surface area contributed by atoms with Gasteiger partial charge in [0, 0.05) is 11.0 Å². The maximum Gasteiger partial charge on any atom is 0.145 e. The molecule has 2 heteroatoms. The van der Waals surface area contributed by atoms with E-state index in [0.29, 0.717) is 11.8 Å². The lowest BCUT2D eigenvalue weighted by Gasteiger charge is -2.24. The van der Waals surface area contributed by atoms with E-state index in [0.717, 1.165) is 22.4 Å². The Balaban J connectivity index is 1.69. The standard InChI is InChI=1S/C36H38N2/c1-21(2)26-12-11-13-27(22(3)4)34(26)38-31-15-10-9-14-30(31)37-35(38)25-18-19-29-28(20-25)32-23(5)16-17-24(6)33(32)36(29,7)8/h9-22H,1-8H3. The molecule has 0 spiro atoms. The first-order chi connectivity index (χ1) is 18.1. The van der Waals surface area contributed by atoms with Gasteiger partial charge in [0.25, 0.3) is 0 Å². The van der Waals surface area contributed by atoms with Crippen LogP contribution in [0.15, 0.2) is 72.8 Å². The lowest BCUT2D eigenvalue weighted by molar-refractivity contribution is 0.655. The fourth-order valence-corrected chi connectivity index (χ4v) is 6.75. The lowest BCUT2D eigenvalue weighted by Crippen LogP contribution is -2.16. The molecule has 0 saturated carbocycles. The number of rotatable bonds is 4. The number of hydrogen-bond donors (Lipinski definition) is 0. The molecular formula is C36H38N2. The van der Waals surface area contributed by atoms with E-state index < -0.39 is 0 Å². The quantitative estimate of drug-likeness (QED) is 0.241. The molecule has 38 heavy (non-hydrogen) atoms. The predicted octanol–water partition coefficient (Wildman–Crippen LogP) is 9.86. The summed E-state index contributed by atoms with van der Waals surface area (Å²) in [4.78, 5) is 5.28. The minimum absolute atomic E-state index is 0.0194. The first-order valence-electron chi connectivity index (χ1n) is 14.0. The van der Waals surface area contributed by atoms with Crippen molar-refractivity contribution in [3.63, 3.8) is 0 Å². The molecule has 0 aliphatic heterocycles. The van der Waals surface area contributed by atoms with Crippen LogP contribution in [0.4, 0.5) is 0 Å². The normalized spacial score (nSPS) is 13.9. The van der Waals surface area contributed by atoms with Crippen LogP contribution in [-0.2, 0) is 5.41 Å². The Morgan fingerprint density at radius 3 is 2.08 bits per heavy atom. The van der Waals surface area contributed by atoms with Crippen LogP contribution in [0, 0.1) is 13.8 Å². The van der Waals surface area contributed by atoms with Crippen molar-refractivity contribution < 1.29 is 0 Å². The third-order valence-corrected chi connectivity index (χ3v) is 8.59. The van der Waals surface area contributed by atoms with Gasteiger partial charge in [-0.3, -0.25) is 4.57 Å². The zero-order chi connectivity index (χ0) is 26.9. The van der Waals surface area contributed by atoms with E-state index in [4.69, 9.17) is 4.98 Å². The van der Waals surface area contributed by atoms with Gasteiger partial charge >= 0.3 is 0 Å². The number of aryl methyl sites for hydroxylation is 2. The van der Waals surface area contributed by atoms with Gasteiger partial charge in [0.1, 0.15) is 5.82 Å². The monoisotopic (exact) mass is 498 g/mol. The molecular weight excluding hydrogens is 460 g/mol. The molecule has 0 bridgehead atoms. The molecule has 0 fully saturated rings. The van der Waals surface area contributed by atoms with E-state index in [1.54, 1.807) is 0 Å². The van der Waals surface area contributed by atoms with Crippen LogP contribution in [0.3, 0.4) is 0 Å². The Morgan fingerprint density at radius 1 is 0.737 bits per heavy atom. The molecule has 5 aromatic rings. The number of nitrogens with zero attached hydrogens (tertiary/aromatic N) is 2. The summed E-state index contributed by atoms with van der Waals surface area (Å²) in [6.07, 6.45) is 0. The molecule has 1 aromatic heterocycles. The van der Waals surface area contributed by atoms with Gasteiger partial charge in [-0.25, -0.2) is 4.98 Å². The Bertz CT molecular complexity index is 1690. The third kappa shape index (κ3) is 3.50. The summed E-state index contributed by atoms with van der Waals surface area (Å²) >= 11 is 0. The second-order valence-electron chi connectivity index (χ2n) is 12.2. The van der Waals surface area contributed by atoms with Crippen molar-refractivity contribution >= 4 is 11.0 Å². The van der Waals surface area contributed by atoms with Crippen molar-refractivity contribution in [2.45, 2.75) is 72.6 Å². The number of para-hydroxylation sites is 3. The molecule has 2 nitrogen and oxygen atoms in total. The molecule has 1 aliphatic rings. The summed E-state index contributed by atoms with van der Waals surface area (Å²) in [6.45, 7) is 18.4. The van der Waals surface area contributed by atoms with Gasteiger partial charge < -0.3 is 0 Å². The SMILES string of the molecule is Cc1ccc(C)c2c1-c1cc(-c3nc4ccccc4n3-c3c(C(C)C)cccc3C(C)C)ccc1C2(C)C. The largest absolute Gasteiger partial charge is 0.292 e. The van der Waals surface area contributed by atoms with Crippen LogP contribution >= 0.6 is 0 Å². The highest BCUT2D eigenvalue weighted by molar-refractivity contribution is 5.89. The Hall–Kier alpha value is -3.65. The fourth-order valence-electron chi connectivity index (χ4n) is 6.75. The summed E-state index contributed by atoms with van der Waals surface area (Å²) in [5.41, 5.74) is 15.7. The molecule has 0 radical (unpaired) electrons. The first-order valence-corrected chi connectivity index (χ1v) is 14.0. The van der Waals surface area contributed by atoms with Crippen molar-refractivity contribution in [2.75, 3.05) is 0 Å². The number of imidazole rings is 1. The van der Waals surface area contributed by atoms with Crippen LogP contribution in [0.25, 0.3) is 39.2 Å². The Morgan fingerprint density at radius 2 is 1.39 bits per heavy atom. The maximum atomic E-state index is 5.28. The average molecular weight is 499 g/mol. The molecule has 0 saturated heterocycles. The van der Waals surface area contributed by atoms with E-state index >= 15 is 0 Å². The van der Waals surface area contributed by atoms with Crippen LogP contribution in [0.5, 0.6) is 0 Å². The van der Waals surface area contributed by atoms with Gasteiger partial charge in [0.2, 0.25) is 0 Å². The van der Waals surface area contributed by atoms with Crippen LogP contribution in [0.1, 0.15) is 86.8 Å². The zero-order valence-electron chi connectivity index (χ0n) is 24.0. The van der Waals surface area contributed by atoms with Crippen molar-refractivity contribution in [2.24, 2.45) is 0 Å². The molecule has 1 heterocycles. The van der Waals surface area contributed by atoms with Crippen molar-refractivity contribution in [3.05, 3.63) is 106 Å². The molecule has 0 amide bonds. The minimum Gasteiger partial charge on any atom is -0.292 e. The van der Waals surface area contributed by atoms with Gasteiger partial charge in [-0.15, -0.1) is 0 Å². The summed E-state index contributed by atoms with van der Waals surface area (Å²) in [7, 11) is 0. The summed E-state index contributed by atoms with van der Waals surface area (Å²) < 4.78 is 2.44. The number of fused-ring (bicyclic) bond motifs is 4. The lowest BCUT2D eigenvalue weighted by atomic mass is 9.80. The first kappa shape index (κ1) is 24.7. The molecule has 4 aromatic carbocycles. The summed E-state index contributed by atoms with van der Waals surface area (Å²) in [5.74, 6) is 1.81. The minimum atomic E-state index is -0.0194. The highest BCUT2D eigenvalue weighted by Gasteiger charge is 2.38. The Kier molecular flexibility index (Phi) is 5.65. The molecule has 192 valence electrons. The second kappa shape index (κ2) is 8.70. The highest BCUT2D eigenvalue weighted by Crippen LogP contribution is 2.52. The predicted molar refractivity (Wildman–Crippen MR) is 162 cm³/mol. The van der Waals surface area contributed by atoms with Crippen molar-refractivity contribution in [3.8, 4) is 28.2 Å². The van der Waals surface area contributed by atoms with Crippen LogP contribution < -0.4 is 0 Å². The fraction of sp³-hybridized carbons (Fsp3) is 0.306. The van der Waals surface area contributed by atoms with Gasteiger partial charge in [-0.1, -0.05) is 96.1 Å². The summed E-state index contributed by atoms with van der Waals surface area (Å²) in [6, 6.07) is 27.0. The van der Waals surface area contributed by atoms with E-state index in [9.17, 15) is 0 Å². The Labute approximate surface area is 227 Å². The van der Waals surface area contributed by atoms with Gasteiger partial charge in [0.15, 0.2) is 0 Å². The van der Waals surface area contributed by atoms with Crippen molar-refractivity contribution in [1.82, 2.24) is 9.55 Å². The average Bonchev–Trinajstić information content (AvgIpc) is 3.39. The third-order valence-electron chi connectivity index (χ3n) is 8.59. The molecule has 0 N–H and O–H groups in total.